The molecule has 1 saturated heterocycles. The second kappa shape index (κ2) is 10.4. The van der Waals surface area contributed by atoms with Gasteiger partial charge in [-0.05, 0) is 24.5 Å². The molecule has 0 aromatic carbocycles. The van der Waals surface area contributed by atoms with Gasteiger partial charge in [-0.2, -0.15) is 5.26 Å². The molecule has 0 bridgehead atoms. The summed E-state index contributed by atoms with van der Waals surface area (Å²) in [7, 11) is 0. The van der Waals surface area contributed by atoms with E-state index in [1.54, 1.807) is 18.3 Å². The summed E-state index contributed by atoms with van der Waals surface area (Å²) >= 11 is 0. The van der Waals surface area contributed by atoms with E-state index in [9.17, 15) is 9.59 Å². The zero-order valence-corrected chi connectivity index (χ0v) is 15.0. The summed E-state index contributed by atoms with van der Waals surface area (Å²) in [6.07, 6.45) is 2.67. The number of carbonyl (C=O) groups excluding carboxylic acids is 2. The van der Waals surface area contributed by atoms with Gasteiger partial charge in [-0.1, -0.05) is 6.92 Å². The fraction of sp³-hybridized carbons (Fsp3) is 0.556. The number of pyridine rings is 1. The highest BCUT2D eigenvalue weighted by Crippen LogP contribution is 2.14. The highest BCUT2D eigenvalue weighted by Gasteiger charge is 2.15. The Morgan fingerprint density at radius 1 is 1.38 bits per heavy atom. The Hall–Kier alpha value is -2.66. The van der Waals surface area contributed by atoms with Crippen molar-refractivity contribution >= 4 is 17.6 Å². The Morgan fingerprint density at radius 3 is 2.88 bits per heavy atom. The van der Waals surface area contributed by atoms with Gasteiger partial charge < -0.3 is 20.3 Å². The van der Waals surface area contributed by atoms with Crippen LogP contribution in [0.15, 0.2) is 18.3 Å². The summed E-state index contributed by atoms with van der Waals surface area (Å²) in [4.78, 5) is 30.3. The van der Waals surface area contributed by atoms with Crippen LogP contribution in [-0.4, -0.2) is 56.2 Å². The van der Waals surface area contributed by atoms with E-state index in [1.165, 1.54) is 0 Å². The van der Waals surface area contributed by atoms with Crippen molar-refractivity contribution in [2.45, 2.75) is 19.8 Å². The molecule has 8 nitrogen and oxygen atoms in total. The molecular formula is C18H25N5O3. The Balaban J connectivity index is 1.77. The molecule has 0 aliphatic carbocycles. The van der Waals surface area contributed by atoms with Crippen molar-refractivity contribution < 1.29 is 14.3 Å². The number of aromatic nitrogens is 1. The summed E-state index contributed by atoms with van der Waals surface area (Å²) in [5.74, 6) is 0.608. The third kappa shape index (κ3) is 6.33. The molecule has 1 aromatic heterocycles. The molecule has 0 spiro atoms. The van der Waals surface area contributed by atoms with Gasteiger partial charge in [-0.15, -0.1) is 0 Å². The number of nitrogens with zero attached hydrogens (tertiary/aromatic N) is 3. The van der Waals surface area contributed by atoms with Crippen molar-refractivity contribution in [1.29, 1.82) is 5.26 Å². The molecule has 1 aliphatic heterocycles. The minimum atomic E-state index is -0.150. The van der Waals surface area contributed by atoms with Crippen LogP contribution in [0.25, 0.3) is 0 Å². The van der Waals surface area contributed by atoms with Crippen molar-refractivity contribution in [2.75, 3.05) is 44.3 Å². The highest BCUT2D eigenvalue weighted by molar-refractivity contribution is 5.94. The lowest BCUT2D eigenvalue weighted by atomic mass is 10.0. The number of hydrogen-bond acceptors (Lipinski definition) is 6. The molecule has 26 heavy (non-hydrogen) atoms. The molecule has 2 rings (SSSR count). The van der Waals surface area contributed by atoms with E-state index >= 15 is 0 Å². The first-order chi connectivity index (χ1) is 12.6. The van der Waals surface area contributed by atoms with Crippen molar-refractivity contribution in [3.05, 3.63) is 23.9 Å². The standard InChI is InChI=1S/C18H25N5O3/c1-14(12-17(24)21-7-4-19)2-5-22-18(25)15-3-6-20-16(13-15)23-8-10-26-11-9-23/h3,6,13-14H,2,5,7-12H2,1H3,(H,21,24)(H,22,25). The van der Waals surface area contributed by atoms with Crippen LogP contribution in [0.1, 0.15) is 30.1 Å². The van der Waals surface area contributed by atoms with Crippen LogP contribution in [-0.2, 0) is 9.53 Å². The SMILES string of the molecule is CC(CCNC(=O)c1ccnc(N2CCOCC2)c1)CC(=O)NCC#N. The number of carbonyl (C=O) groups is 2. The number of nitriles is 1. The van der Waals surface area contributed by atoms with Gasteiger partial charge in [0, 0.05) is 37.8 Å². The van der Waals surface area contributed by atoms with Gasteiger partial charge in [0.15, 0.2) is 0 Å². The van der Waals surface area contributed by atoms with Crippen molar-refractivity contribution in [3.63, 3.8) is 0 Å². The third-order valence-corrected chi connectivity index (χ3v) is 4.16. The number of ether oxygens (including phenoxy) is 1. The summed E-state index contributed by atoms with van der Waals surface area (Å²) in [6.45, 7) is 5.32. The van der Waals surface area contributed by atoms with E-state index in [4.69, 9.17) is 10.00 Å². The lowest BCUT2D eigenvalue weighted by Crippen LogP contribution is -2.37. The second-order valence-corrected chi connectivity index (χ2v) is 6.29. The van der Waals surface area contributed by atoms with Crippen molar-refractivity contribution in [1.82, 2.24) is 15.6 Å². The van der Waals surface area contributed by atoms with Gasteiger partial charge in [0.05, 0.1) is 19.3 Å². The largest absolute Gasteiger partial charge is 0.378 e. The Kier molecular flexibility index (Phi) is 7.83. The average Bonchev–Trinajstić information content (AvgIpc) is 2.67. The first-order valence-electron chi connectivity index (χ1n) is 8.80. The molecule has 2 amide bonds. The van der Waals surface area contributed by atoms with Gasteiger partial charge in [-0.3, -0.25) is 9.59 Å². The Labute approximate surface area is 153 Å². The van der Waals surface area contributed by atoms with Crippen LogP contribution in [0.2, 0.25) is 0 Å². The minimum Gasteiger partial charge on any atom is -0.378 e. The fourth-order valence-corrected chi connectivity index (χ4v) is 2.69. The molecule has 2 N–H and O–H groups in total. The first-order valence-corrected chi connectivity index (χ1v) is 8.80. The first kappa shape index (κ1) is 19.7. The maximum atomic E-state index is 12.3. The average molecular weight is 359 g/mol. The Bertz CT molecular complexity index is 652. The molecule has 0 radical (unpaired) electrons. The number of rotatable bonds is 8. The molecule has 0 saturated carbocycles. The van der Waals surface area contributed by atoms with Crippen LogP contribution in [0.3, 0.4) is 0 Å². The van der Waals surface area contributed by atoms with Gasteiger partial charge in [0.1, 0.15) is 12.4 Å². The quantitative estimate of drug-likeness (QED) is 0.662. The van der Waals surface area contributed by atoms with E-state index in [-0.39, 0.29) is 24.3 Å². The third-order valence-electron chi connectivity index (χ3n) is 4.16. The normalized spacial score (nSPS) is 15.0. The number of amides is 2. The molecule has 1 aliphatic rings. The van der Waals surface area contributed by atoms with Crippen LogP contribution < -0.4 is 15.5 Å². The van der Waals surface area contributed by atoms with Gasteiger partial charge >= 0.3 is 0 Å². The van der Waals surface area contributed by atoms with E-state index in [0.29, 0.717) is 38.2 Å². The smallest absolute Gasteiger partial charge is 0.251 e. The number of morpholine rings is 1. The summed E-state index contributed by atoms with van der Waals surface area (Å²) in [6, 6.07) is 5.36. The summed E-state index contributed by atoms with van der Waals surface area (Å²) < 4.78 is 5.33. The van der Waals surface area contributed by atoms with Gasteiger partial charge in [-0.25, -0.2) is 4.98 Å². The van der Waals surface area contributed by atoms with E-state index < -0.39 is 0 Å². The molecule has 1 fully saturated rings. The maximum Gasteiger partial charge on any atom is 0.251 e. The fourth-order valence-electron chi connectivity index (χ4n) is 2.69. The van der Waals surface area contributed by atoms with E-state index in [0.717, 1.165) is 18.9 Å². The lowest BCUT2D eigenvalue weighted by molar-refractivity contribution is -0.121. The number of hydrogen-bond donors (Lipinski definition) is 2. The van der Waals surface area contributed by atoms with Crippen molar-refractivity contribution in [3.8, 4) is 6.07 Å². The summed E-state index contributed by atoms with van der Waals surface area (Å²) in [5, 5.41) is 13.8. The zero-order chi connectivity index (χ0) is 18.8. The second-order valence-electron chi connectivity index (χ2n) is 6.29. The predicted molar refractivity (Wildman–Crippen MR) is 96.6 cm³/mol. The van der Waals surface area contributed by atoms with E-state index in [1.807, 2.05) is 13.0 Å². The molecule has 1 aromatic rings. The van der Waals surface area contributed by atoms with Crippen LogP contribution in [0, 0.1) is 17.2 Å². The van der Waals surface area contributed by atoms with Crippen LogP contribution in [0.4, 0.5) is 5.82 Å². The van der Waals surface area contributed by atoms with Crippen LogP contribution >= 0.6 is 0 Å². The molecule has 2 heterocycles. The molecular weight excluding hydrogens is 334 g/mol. The molecule has 1 atom stereocenters. The molecule has 8 heteroatoms. The number of anilines is 1. The van der Waals surface area contributed by atoms with Gasteiger partial charge in [0.2, 0.25) is 5.91 Å². The van der Waals surface area contributed by atoms with Crippen LogP contribution in [0.5, 0.6) is 0 Å². The topological polar surface area (TPSA) is 107 Å². The molecule has 1 unspecified atom stereocenters. The predicted octanol–water partition coefficient (Wildman–Crippen LogP) is 0.704. The zero-order valence-electron chi connectivity index (χ0n) is 15.0. The van der Waals surface area contributed by atoms with Crippen molar-refractivity contribution in [2.24, 2.45) is 5.92 Å². The minimum absolute atomic E-state index is 0.0236. The maximum absolute atomic E-state index is 12.3. The highest BCUT2D eigenvalue weighted by atomic mass is 16.5. The van der Waals surface area contributed by atoms with E-state index in [2.05, 4.69) is 20.5 Å². The monoisotopic (exact) mass is 359 g/mol. The Morgan fingerprint density at radius 2 is 2.15 bits per heavy atom. The summed E-state index contributed by atoms with van der Waals surface area (Å²) in [5.41, 5.74) is 0.570. The van der Waals surface area contributed by atoms with Gasteiger partial charge in [0.25, 0.3) is 5.91 Å². The lowest BCUT2D eigenvalue weighted by Gasteiger charge is -2.27. The molecule has 140 valence electrons. The number of nitrogens with one attached hydrogen (secondary N) is 2.